The third-order valence-corrected chi connectivity index (χ3v) is 5.34. The van der Waals surface area contributed by atoms with Crippen molar-refractivity contribution in [1.82, 2.24) is 15.3 Å². The quantitative estimate of drug-likeness (QED) is 0.741. The Morgan fingerprint density at radius 2 is 2.14 bits per heavy atom. The lowest BCUT2D eigenvalue weighted by molar-refractivity contribution is 0.350. The highest BCUT2D eigenvalue weighted by atomic mass is 15.1. The minimum atomic E-state index is 0.412. The summed E-state index contributed by atoms with van der Waals surface area (Å²) in [6.45, 7) is 2.18. The van der Waals surface area contributed by atoms with Crippen molar-refractivity contribution < 1.29 is 0 Å². The van der Waals surface area contributed by atoms with Crippen molar-refractivity contribution in [3.8, 4) is 0 Å². The summed E-state index contributed by atoms with van der Waals surface area (Å²) in [7, 11) is 0. The normalized spacial score (nSPS) is 34.3. The van der Waals surface area contributed by atoms with Gasteiger partial charge >= 0.3 is 0 Å². The van der Waals surface area contributed by atoms with Gasteiger partial charge in [-0.1, -0.05) is 11.6 Å². The summed E-state index contributed by atoms with van der Waals surface area (Å²) in [5.74, 6) is 1.35. The van der Waals surface area contributed by atoms with Crippen LogP contribution in [0.3, 0.4) is 0 Å². The standard InChI is InChI=1S/C17H21N4/c1-2-10(1)15-5-12(6-19-15)11-3-13-7-20-17(13)16(4-11)21-14-8-18-9-14/h3,6-7,10,12,14,16,18,21H,1-2,4-5,8-9H2/q+1. The molecule has 2 atom stereocenters. The Labute approximate surface area is 124 Å². The van der Waals surface area contributed by atoms with Gasteiger partial charge in [0.25, 0.3) is 11.9 Å². The second kappa shape index (κ2) is 4.51. The molecule has 2 aliphatic carbocycles. The van der Waals surface area contributed by atoms with Crippen molar-refractivity contribution in [2.45, 2.75) is 37.8 Å². The van der Waals surface area contributed by atoms with Crippen LogP contribution in [0.1, 0.15) is 25.7 Å². The molecule has 0 aromatic rings. The van der Waals surface area contributed by atoms with E-state index in [-0.39, 0.29) is 0 Å². The number of fused-ring (bicyclic) bond motifs is 1. The molecule has 0 spiro atoms. The van der Waals surface area contributed by atoms with Crippen molar-refractivity contribution in [2.75, 3.05) is 13.1 Å². The van der Waals surface area contributed by atoms with E-state index in [1.54, 1.807) is 5.57 Å². The molecule has 0 bridgehead atoms. The van der Waals surface area contributed by atoms with Gasteiger partial charge in [-0.15, -0.1) is 4.67 Å². The molecule has 1 saturated carbocycles. The fourth-order valence-corrected chi connectivity index (χ4v) is 3.73. The van der Waals surface area contributed by atoms with Crippen molar-refractivity contribution in [1.29, 1.82) is 0 Å². The van der Waals surface area contributed by atoms with Gasteiger partial charge in [-0.05, 0) is 19.3 Å². The summed E-state index contributed by atoms with van der Waals surface area (Å²) >= 11 is 0. The molecule has 4 nitrogen and oxygen atoms in total. The fourth-order valence-electron chi connectivity index (χ4n) is 3.73. The van der Waals surface area contributed by atoms with Crippen molar-refractivity contribution in [2.24, 2.45) is 16.8 Å². The maximum Gasteiger partial charge on any atom is 0.284 e. The van der Waals surface area contributed by atoms with E-state index in [4.69, 9.17) is 4.67 Å². The Bertz CT molecular complexity index is 640. The van der Waals surface area contributed by atoms with Gasteiger partial charge in [0.1, 0.15) is 0 Å². The van der Waals surface area contributed by atoms with Gasteiger partial charge in [-0.3, -0.25) is 4.99 Å². The largest absolute Gasteiger partial charge is 0.314 e. The number of rotatable bonds is 4. The zero-order valence-electron chi connectivity index (χ0n) is 12.2. The van der Waals surface area contributed by atoms with E-state index in [2.05, 4.69) is 27.9 Å². The van der Waals surface area contributed by atoms with Crippen molar-refractivity contribution in [3.05, 3.63) is 23.4 Å². The molecule has 5 aliphatic rings. The molecule has 0 aromatic heterocycles. The van der Waals surface area contributed by atoms with Gasteiger partial charge in [0.05, 0.1) is 30.0 Å². The van der Waals surface area contributed by atoms with Crippen molar-refractivity contribution in [3.63, 3.8) is 0 Å². The summed E-state index contributed by atoms with van der Waals surface area (Å²) in [4.78, 5) is 4.49. The van der Waals surface area contributed by atoms with Crippen molar-refractivity contribution >= 4 is 17.6 Å². The molecule has 0 amide bonds. The van der Waals surface area contributed by atoms with Crippen LogP contribution < -0.4 is 15.3 Å². The molecule has 2 unspecified atom stereocenters. The Balaban J connectivity index is 1.31. The van der Waals surface area contributed by atoms with Gasteiger partial charge in [0.15, 0.2) is 0 Å². The molecular weight excluding hydrogens is 260 g/mol. The molecule has 0 radical (unpaired) electrons. The fraction of sp³-hybridized carbons (Fsp3) is 0.588. The van der Waals surface area contributed by atoms with E-state index in [9.17, 15) is 0 Å². The second-order valence-corrected chi connectivity index (χ2v) is 6.95. The molecule has 1 saturated heterocycles. The number of nitrogens with zero attached hydrogens (tertiary/aromatic N) is 2. The average molecular weight is 281 g/mol. The molecule has 0 aromatic carbocycles. The summed E-state index contributed by atoms with van der Waals surface area (Å²) in [5, 5.41) is 7.09. The summed E-state index contributed by atoms with van der Waals surface area (Å²) < 4.78 is 4.70. The third kappa shape index (κ3) is 2.06. The number of hydrogen-bond donors (Lipinski definition) is 2. The van der Waals surface area contributed by atoms with Crippen LogP contribution in [0.25, 0.3) is 0 Å². The molecule has 3 heterocycles. The number of aliphatic imine (C=N–C) groups is 1. The van der Waals surface area contributed by atoms with Crippen LogP contribution in [0.5, 0.6) is 0 Å². The van der Waals surface area contributed by atoms with Gasteiger partial charge in [-0.2, -0.15) is 0 Å². The highest BCUT2D eigenvalue weighted by Crippen LogP contribution is 2.36. The van der Waals surface area contributed by atoms with Crippen LogP contribution in [0.15, 0.2) is 28.4 Å². The lowest BCUT2D eigenvalue weighted by atomic mass is 9.80. The monoisotopic (exact) mass is 281 g/mol. The van der Waals surface area contributed by atoms with Gasteiger partial charge < -0.3 is 10.6 Å². The van der Waals surface area contributed by atoms with E-state index in [1.807, 2.05) is 6.20 Å². The molecule has 4 heteroatoms. The lowest BCUT2D eigenvalue weighted by Gasteiger charge is -2.37. The molecule has 2 fully saturated rings. The Kier molecular flexibility index (Phi) is 2.60. The predicted octanol–water partition coefficient (Wildman–Crippen LogP) is 0.594. The Morgan fingerprint density at radius 3 is 2.81 bits per heavy atom. The minimum Gasteiger partial charge on any atom is -0.314 e. The average Bonchev–Trinajstić information content (AvgIpc) is 3.14. The van der Waals surface area contributed by atoms with E-state index < -0.39 is 0 Å². The number of allylic oxidation sites excluding steroid dienone is 1. The summed E-state index contributed by atoms with van der Waals surface area (Å²) in [6.07, 6.45) is 11.6. The zero-order valence-corrected chi connectivity index (χ0v) is 12.2. The first-order valence-electron chi connectivity index (χ1n) is 8.22. The Hall–Kier alpha value is -1.48. The molecule has 2 N–H and O–H groups in total. The van der Waals surface area contributed by atoms with Crippen LogP contribution in [0.2, 0.25) is 0 Å². The Morgan fingerprint density at radius 1 is 1.24 bits per heavy atom. The van der Waals surface area contributed by atoms with Gasteiger partial charge in [-0.25, -0.2) is 0 Å². The van der Waals surface area contributed by atoms with Crippen LogP contribution in [0, 0.1) is 11.8 Å². The van der Waals surface area contributed by atoms with Crippen LogP contribution in [0.4, 0.5) is 0 Å². The SMILES string of the molecule is C1=[N+]=C(C2CC2)CC1C1=CC2=CN=C2C(NC2CNC2)C1. The maximum atomic E-state index is 4.70. The molecular formula is C17H21N4+. The first-order chi connectivity index (χ1) is 10.4. The molecule has 21 heavy (non-hydrogen) atoms. The topological polar surface area (TPSA) is 50.5 Å². The number of nitrogens with one attached hydrogen (secondary N) is 2. The van der Waals surface area contributed by atoms with E-state index in [0.717, 1.165) is 31.8 Å². The lowest BCUT2D eigenvalue weighted by Crippen LogP contribution is -2.60. The van der Waals surface area contributed by atoms with Crippen LogP contribution >= 0.6 is 0 Å². The van der Waals surface area contributed by atoms with E-state index in [1.165, 1.54) is 29.8 Å². The summed E-state index contributed by atoms with van der Waals surface area (Å²) in [6, 6.07) is 1.03. The second-order valence-electron chi connectivity index (χ2n) is 6.95. The smallest absolute Gasteiger partial charge is 0.284 e. The highest BCUT2D eigenvalue weighted by molar-refractivity contribution is 6.12. The van der Waals surface area contributed by atoms with E-state index in [0.29, 0.717) is 18.0 Å². The summed E-state index contributed by atoms with van der Waals surface area (Å²) in [5.41, 5.74) is 5.61. The van der Waals surface area contributed by atoms with Crippen LogP contribution in [-0.2, 0) is 0 Å². The maximum absolute atomic E-state index is 4.70. The molecule has 3 aliphatic heterocycles. The first-order valence-corrected chi connectivity index (χ1v) is 8.22. The van der Waals surface area contributed by atoms with Crippen LogP contribution in [-0.4, -0.2) is 42.8 Å². The van der Waals surface area contributed by atoms with Gasteiger partial charge in [0, 0.05) is 30.9 Å². The highest BCUT2D eigenvalue weighted by Gasteiger charge is 2.42. The third-order valence-electron chi connectivity index (χ3n) is 5.34. The first kappa shape index (κ1) is 12.1. The molecule has 5 rings (SSSR count). The number of hydrogen-bond acceptors (Lipinski definition) is 3. The predicted molar refractivity (Wildman–Crippen MR) is 85.8 cm³/mol. The molecule has 108 valence electrons. The van der Waals surface area contributed by atoms with Gasteiger partial charge in [0.2, 0.25) is 0 Å². The van der Waals surface area contributed by atoms with E-state index >= 15 is 0 Å². The zero-order chi connectivity index (χ0) is 13.8. The minimum absolute atomic E-state index is 0.412.